The van der Waals surface area contributed by atoms with Gasteiger partial charge in [-0.25, -0.2) is 4.90 Å². The average Bonchev–Trinajstić information content (AvgIpc) is 3.57. The molecule has 4 atom stereocenters. The lowest BCUT2D eigenvalue weighted by Crippen LogP contribution is -2.46. The summed E-state index contributed by atoms with van der Waals surface area (Å²) in [6, 6.07) is 20.6. The molecule has 4 aliphatic rings. The Morgan fingerprint density at radius 2 is 1.61 bits per heavy atom. The van der Waals surface area contributed by atoms with Gasteiger partial charge in [0.2, 0.25) is 24.5 Å². The highest BCUT2D eigenvalue weighted by Crippen LogP contribution is 2.53. The van der Waals surface area contributed by atoms with Gasteiger partial charge in [-0.1, -0.05) is 42.5 Å². The second kappa shape index (κ2) is 7.71. The Labute approximate surface area is 206 Å². The lowest BCUT2D eigenvalue weighted by atomic mass is 9.84. The zero-order chi connectivity index (χ0) is 24.4. The Hall–Kier alpha value is -4.59. The van der Waals surface area contributed by atoms with Gasteiger partial charge in [0.25, 0.3) is 0 Å². The standard InChI is InChI=1S/C28H21N3O5/c32-26(29-17-7-2-1-3-8-17)25-23-22(24-19-9-5-4-6-16(19)12-13-30(24)25)27(33)31(28(23)34)18-10-11-20-21(14-18)36-15-35-20/h1-14,22-25H,15H2,(H,29,32)/t22-,23-,24+,25-/m0/s1. The third kappa shape index (κ3) is 2.90. The summed E-state index contributed by atoms with van der Waals surface area (Å²) >= 11 is 0. The molecule has 0 spiro atoms. The predicted molar refractivity (Wildman–Crippen MR) is 131 cm³/mol. The van der Waals surface area contributed by atoms with Gasteiger partial charge in [-0.15, -0.1) is 0 Å². The molecule has 7 rings (SSSR count). The van der Waals surface area contributed by atoms with Crippen LogP contribution < -0.4 is 19.7 Å². The van der Waals surface area contributed by atoms with Crippen molar-refractivity contribution in [2.45, 2.75) is 12.1 Å². The van der Waals surface area contributed by atoms with Crippen LogP contribution >= 0.6 is 0 Å². The molecule has 36 heavy (non-hydrogen) atoms. The van der Waals surface area contributed by atoms with Crippen LogP contribution in [0, 0.1) is 11.8 Å². The van der Waals surface area contributed by atoms with Crippen LogP contribution in [-0.2, 0) is 14.4 Å². The molecular formula is C28H21N3O5. The molecule has 0 aliphatic carbocycles. The molecule has 2 saturated heterocycles. The first-order valence-electron chi connectivity index (χ1n) is 11.8. The summed E-state index contributed by atoms with van der Waals surface area (Å²) in [5, 5.41) is 2.94. The van der Waals surface area contributed by atoms with E-state index in [1.165, 1.54) is 4.90 Å². The SMILES string of the molecule is O=C(Nc1ccccc1)[C@@H]1[C@H]2C(=O)N(c3ccc4c(c3)OCO4)C(=O)[C@@H]2[C@H]2c3ccccc3C=CN12. The minimum atomic E-state index is -0.847. The predicted octanol–water partition coefficient (Wildman–Crippen LogP) is 3.57. The number of imide groups is 1. The van der Waals surface area contributed by atoms with Gasteiger partial charge in [-0.3, -0.25) is 14.4 Å². The van der Waals surface area contributed by atoms with Gasteiger partial charge in [0.05, 0.1) is 23.6 Å². The van der Waals surface area contributed by atoms with Crippen LogP contribution in [0.2, 0.25) is 0 Å². The fourth-order valence-corrected chi connectivity index (χ4v) is 5.87. The van der Waals surface area contributed by atoms with Gasteiger partial charge >= 0.3 is 0 Å². The number of hydrogen-bond donors (Lipinski definition) is 1. The first-order chi connectivity index (χ1) is 17.6. The molecular weight excluding hydrogens is 458 g/mol. The molecule has 0 unspecified atom stereocenters. The molecule has 1 N–H and O–H groups in total. The maximum Gasteiger partial charge on any atom is 0.247 e. The van der Waals surface area contributed by atoms with Crippen molar-refractivity contribution >= 4 is 35.2 Å². The van der Waals surface area contributed by atoms with Crippen LogP contribution in [0.5, 0.6) is 11.5 Å². The summed E-state index contributed by atoms with van der Waals surface area (Å²) in [6.45, 7) is 0.0911. The zero-order valence-corrected chi connectivity index (χ0v) is 19.0. The minimum absolute atomic E-state index is 0.0911. The Balaban J connectivity index is 1.32. The van der Waals surface area contributed by atoms with E-state index in [1.54, 1.807) is 30.3 Å². The summed E-state index contributed by atoms with van der Waals surface area (Å²) in [6.07, 6.45) is 3.77. The van der Waals surface area contributed by atoms with E-state index < -0.39 is 29.8 Å². The van der Waals surface area contributed by atoms with Crippen molar-refractivity contribution in [3.8, 4) is 11.5 Å². The van der Waals surface area contributed by atoms with Crippen molar-refractivity contribution in [1.29, 1.82) is 0 Å². The molecule has 3 aromatic rings. The van der Waals surface area contributed by atoms with Crippen molar-refractivity contribution in [2.24, 2.45) is 11.8 Å². The van der Waals surface area contributed by atoms with Gasteiger partial charge in [-0.2, -0.15) is 0 Å². The lowest BCUT2D eigenvalue weighted by molar-refractivity contribution is -0.128. The third-order valence-corrected chi connectivity index (χ3v) is 7.39. The van der Waals surface area contributed by atoms with Crippen LogP contribution in [0.4, 0.5) is 11.4 Å². The van der Waals surface area contributed by atoms with Crippen LogP contribution in [-0.4, -0.2) is 35.5 Å². The number of ether oxygens (including phenoxy) is 2. The molecule has 178 valence electrons. The van der Waals surface area contributed by atoms with Gasteiger partial charge in [0.1, 0.15) is 6.04 Å². The van der Waals surface area contributed by atoms with Gasteiger partial charge in [0.15, 0.2) is 11.5 Å². The van der Waals surface area contributed by atoms with Crippen molar-refractivity contribution in [1.82, 2.24) is 4.90 Å². The monoisotopic (exact) mass is 479 g/mol. The third-order valence-electron chi connectivity index (χ3n) is 7.39. The number of nitrogens with zero attached hydrogens (tertiary/aromatic N) is 2. The van der Waals surface area contributed by atoms with Crippen LogP contribution in [0.15, 0.2) is 79.0 Å². The van der Waals surface area contributed by atoms with Crippen molar-refractivity contribution in [3.63, 3.8) is 0 Å². The average molecular weight is 479 g/mol. The number of hydrogen-bond acceptors (Lipinski definition) is 6. The number of nitrogens with one attached hydrogen (secondary N) is 1. The van der Waals surface area contributed by atoms with E-state index in [4.69, 9.17) is 9.47 Å². The molecule has 8 nitrogen and oxygen atoms in total. The maximum atomic E-state index is 13.9. The van der Waals surface area contributed by atoms with Crippen LogP contribution in [0.1, 0.15) is 17.2 Å². The summed E-state index contributed by atoms with van der Waals surface area (Å²) in [5.74, 6) is -1.53. The minimum Gasteiger partial charge on any atom is -0.454 e. The van der Waals surface area contributed by atoms with Crippen LogP contribution in [0.3, 0.4) is 0 Å². The van der Waals surface area contributed by atoms with Gasteiger partial charge in [-0.05, 0) is 41.5 Å². The van der Waals surface area contributed by atoms with Crippen LogP contribution in [0.25, 0.3) is 6.08 Å². The molecule has 0 saturated carbocycles. The number of anilines is 2. The first kappa shape index (κ1) is 20.8. The van der Waals surface area contributed by atoms with Gasteiger partial charge in [0, 0.05) is 18.0 Å². The van der Waals surface area contributed by atoms with E-state index in [0.29, 0.717) is 22.9 Å². The highest BCUT2D eigenvalue weighted by Gasteiger charge is 2.64. The lowest BCUT2D eigenvalue weighted by Gasteiger charge is -2.35. The second-order valence-corrected chi connectivity index (χ2v) is 9.24. The number of fused-ring (bicyclic) bond motifs is 6. The molecule has 0 bridgehead atoms. The largest absolute Gasteiger partial charge is 0.454 e. The Morgan fingerprint density at radius 3 is 2.47 bits per heavy atom. The summed E-state index contributed by atoms with van der Waals surface area (Å²) in [7, 11) is 0. The summed E-state index contributed by atoms with van der Waals surface area (Å²) in [4.78, 5) is 44.6. The van der Waals surface area contributed by atoms with E-state index in [9.17, 15) is 14.4 Å². The van der Waals surface area contributed by atoms with Gasteiger partial charge < -0.3 is 19.7 Å². The van der Waals surface area contributed by atoms with E-state index >= 15 is 0 Å². The molecule has 3 aromatic carbocycles. The molecule has 0 aromatic heterocycles. The fourth-order valence-electron chi connectivity index (χ4n) is 5.87. The highest BCUT2D eigenvalue weighted by atomic mass is 16.7. The molecule has 4 heterocycles. The van der Waals surface area contributed by atoms with Crippen molar-refractivity contribution in [3.05, 3.63) is 90.1 Å². The summed E-state index contributed by atoms with van der Waals surface area (Å²) < 4.78 is 10.8. The van der Waals surface area contributed by atoms with E-state index in [2.05, 4.69) is 5.32 Å². The molecule has 4 aliphatic heterocycles. The normalized spacial score (nSPS) is 25.0. The quantitative estimate of drug-likeness (QED) is 0.578. The zero-order valence-electron chi connectivity index (χ0n) is 19.0. The number of benzene rings is 3. The Morgan fingerprint density at radius 1 is 0.861 bits per heavy atom. The summed E-state index contributed by atoms with van der Waals surface area (Å²) in [5.41, 5.74) is 2.95. The molecule has 2 fully saturated rings. The Kier molecular flexibility index (Phi) is 4.44. The highest BCUT2D eigenvalue weighted by molar-refractivity contribution is 6.24. The molecule has 8 heteroatoms. The van der Waals surface area contributed by atoms with Crippen molar-refractivity contribution in [2.75, 3.05) is 17.0 Å². The number of para-hydroxylation sites is 1. The maximum absolute atomic E-state index is 13.9. The number of rotatable bonds is 3. The first-order valence-corrected chi connectivity index (χ1v) is 11.8. The fraction of sp³-hybridized carbons (Fsp3) is 0.179. The smallest absolute Gasteiger partial charge is 0.247 e. The molecule has 3 amide bonds. The topological polar surface area (TPSA) is 88.2 Å². The number of carbonyl (C=O) groups is 3. The second-order valence-electron chi connectivity index (χ2n) is 9.24. The Bertz CT molecular complexity index is 1450. The van der Waals surface area contributed by atoms with Crippen molar-refractivity contribution < 1.29 is 23.9 Å². The number of amides is 3. The van der Waals surface area contributed by atoms with E-state index in [1.807, 2.05) is 59.6 Å². The molecule has 0 radical (unpaired) electrons. The number of carbonyl (C=O) groups excluding carboxylic acids is 3. The van der Waals surface area contributed by atoms with E-state index in [0.717, 1.165) is 11.1 Å². The van der Waals surface area contributed by atoms with E-state index in [-0.39, 0.29) is 18.6 Å².